The van der Waals surface area contributed by atoms with Crippen LogP contribution < -0.4 is 10.5 Å². The minimum Gasteiger partial charge on any atom is -0.482 e. The number of hydrogen-bond donors (Lipinski definition) is 2. The summed E-state index contributed by atoms with van der Waals surface area (Å²) >= 11 is 11.8. The number of aliphatic carboxylic acids is 1. The highest BCUT2D eigenvalue weighted by atomic mass is 35.5. The van der Waals surface area contributed by atoms with E-state index in [0.717, 1.165) is 24.0 Å². The number of aryl methyl sites for hydroxylation is 1. The molecular formula is C19H19Cl2NO5S. The number of fused-ring (bicyclic) bond motifs is 1. The zero-order valence-electron chi connectivity index (χ0n) is 14.8. The summed E-state index contributed by atoms with van der Waals surface area (Å²) in [4.78, 5) is 10.7. The molecule has 0 bridgehead atoms. The summed E-state index contributed by atoms with van der Waals surface area (Å²) < 4.78 is 31.3. The molecule has 28 heavy (non-hydrogen) atoms. The fourth-order valence-electron chi connectivity index (χ4n) is 3.43. The summed E-state index contributed by atoms with van der Waals surface area (Å²) in [6, 6.07) is 9.30. The molecule has 1 aliphatic rings. The smallest absolute Gasteiger partial charge is 0.341 e. The predicted octanol–water partition coefficient (Wildman–Crippen LogP) is 3.64. The molecule has 2 aromatic rings. The van der Waals surface area contributed by atoms with Crippen molar-refractivity contribution in [3.05, 3.63) is 57.6 Å². The Kier molecular flexibility index (Phi) is 6.19. The number of carboxylic acids is 1. The average Bonchev–Trinajstić information content (AvgIpc) is 2.67. The maximum Gasteiger partial charge on any atom is 0.341 e. The fraction of sp³-hybridized carbons (Fsp3) is 0.316. The van der Waals surface area contributed by atoms with Gasteiger partial charge in [-0.15, -0.1) is 0 Å². The molecule has 1 aliphatic carbocycles. The van der Waals surface area contributed by atoms with Crippen LogP contribution in [-0.4, -0.2) is 31.5 Å². The van der Waals surface area contributed by atoms with Gasteiger partial charge >= 0.3 is 5.97 Å². The maximum absolute atomic E-state index is 13.0. The maximum atomic E-state index is 13.0. The number of rotatable bonds is 6. The van der Waals surface area contributed by atoms with E-state index in [4.69, 9.17) is 38.8 Å². The normalized spacial score (nSPS) is 17.6. The number of carboxylic acid groups (broad SMARTS) is 1. The van der Waals surface area contributed by atoms with E-state index in [2.05, 4.69) is 0 Å². The van der Waals surface area contributed by atoms with Crippen molar-refractivity contribution in [1.29, 1.82) is 0 Å². The first-order valence-corrected chi connectivity index (χ1v) is 10.9. The van der Waals surface area contributed by atoms with Gasteiger partial charge in [-0.1, -0.05) is 29.3 Å². The summed E-state index contributed by atoms with van der Waals surface area (Å²) in [5, 5.41) is 8.01. The van der Waals surface area contributed by atoms with Crippen LogP contribution in [0.4, 0.5) is 0 Å². The summed E-state index contributed by atoms with van der Waals surface area (Å²) in [5.74, 6) is -1.02. The van der Waals surface area contributed by atoms with Crippen LogP contribution in [0.15, 0.2) is 41.3 Å². The van der Waals surface area contributed by atoms with Gasteiger partial charge < -0.3 is 15.6 Å². The molecule has 0 aromatic heterocycles. The van der Waals surface area contributed by atoms with Gasteiger partial charge in [-0.05, 0) is 60.7 Å². The molecule has 2 unspecified atom stereocenters. The zero-order chi connectivity index (χ0) is 20.5. The van der Waals surface area contributed by atoms with Gasteiger partial charge in [0.2, 0.25) is 0 Å². The van der Waals surface area contributed by atoms with Crippen molar-refractivity contribution in [1.82, 2.24) is 0 Å². The molecule has 0 spiro atoms. The Labute approximate surface area is 173 Å². The summed E-state index contributed by atoms with van der Waals surface area (Å²) in [6.07, 6.45) is 2.14. The van der Waals surface area contributed by atoms with Gasteiger partial charge in [-0.2, -0.15) is 0 Å². The number of halogens is 2. The van der Waals surface area contributed by atoms with E-state index in [1.165, 1.54) is 18.2 Å². The largest absolute Gasteiger partial charge is 0.482 e. The SMILES string of the molecule is NC(C1CCCc2cc(OCC(=O)O)ccc21)S(=O)(=O)c1ccc(Cl)c(Cl)c1. The molecule has 150 valence electrons. The standard InChI is InChI=1S/C19H19Cl2NO5S/c20-16-7-5-13(9-17(16)21)28(25,26)19(22)15-3-1-2-11-8-12(4-6-14(11)15)27-10-18(23)24/h4-9,15,19H,1-3,10,22H2,(H,23,24). The van der Waals surface area contributed by atoms with Crippen molar-refractivity contribution in [2.24, 2.45) is 5.73 Å². The van der Waals surface area contributed by atoms with Crippen LogP contribution in [-0.2, 0) is 21.1 Å². The van der Waals surface area contributed by atoms with Crippen molar-refractivity contribution in [3.63, 3.8) is 0 Å². The lowest BCUT2D eigenvalue weighted by Crippen LogP contribution is -2.38. The van der Waals surface area contributed by atoms with Gasteiger partial charge in [-0.25, -0.2) is 13.2 Å². The van der Waals surface area contributed by atoms with E-state index in [1.807, 2.05) is 0 Å². The quantitative estimate of drug-likeness (QED) is 0.705. The number of benzene rings is 2. The van der Waals surface area contributed by atoms with Gasteiger partial charge in [0.15, 0.2) is 16.4 Å². The van der Waals surface area contributed by atoms with E-state index >= 15 is 0 Å². The Hall–Kier alpha value is -1.80. The first-order valence-electron chi connectivity index (χ1n) is 8.62. The van der Waals surface area contributed by atoms with Crippen molar-refractivity contribution < 1.29 is 23.1 Å². The second-order valence-corrected chi connectivity index (χ2v) is 9.55. The number of hydrogen-bond acceptors (Lipinski definition) is 5. The highest BCUT2D eigenvalue weighted by molar-refractivity contribution is 7.92. The first kappa shape index (κ1) is 20.9. The van der Waals surface area contributed by atoms with E-state index < -0.39 is 33.7 Å². The Morgan fingerprint density at radius 2 is 1.96 bits per heavy atom. The Bertz CT molecular complexity index is 1010. The highest BCUT2D eigenvalue weighted by Crippen LogP contribution is 2.38. The summed E-state index contributed by atoms with van der Waals surface area (Å²) in [6.45, 7) is -0.437. The van der Waals surface area contributed by atoms with Gasteiger partial charge in [0.25, 0.3) is 0 Å². The molecule has 0 fully saturated rings. The Morgan fingerprint density at radius 1 is 1.21 bits per heavy atom. The lowest BCUT2D eigenvalue weighted by atomic mass is 9.82. The second kappa shape index (κ2) is 8.29. The molecular weight excluding hydrogens is 425 g/mol. The second-order valence-electron chi connectivity index (χ2n) is 6.63. The Balaban J connectivity index is 1.90. The van der Waals surface area contributed by atoms with Crippen LogP contribution in [0, 0.1) is 0 Å². The monoisotopic (exact) mass is 443 g/mol. The number of ether oxygens (including phenoxy) is 1. The average molecular weight is 444 g/mol. The van der Waals surface area contributed by atoms with Gasteiger partial charge in [-0.3, -0.25) is 0 Å². The van der Waals surface area contributed by atoms with Crippen LogP contribution >= 0.6 is 23.2 Å². The molecule has 0 aliphatic heterocycles. The molecule has 2 atom stereocenters. The molecule has 9 heteroatoms. The van der Waals surface area contributed by atoms with Gasteiger partial charge in [0, 0.05) is 5.92 Å². The molecule has 2 aromatic carbocycles. The Morgan fingerprint density at radius 3 is 2.64 bits per heavy atom. The number of nitrogens with two attached hydrogens (primary N) is 1. The fourth-order valence-corrected chi connectivity index (χ4v) is 5.36. The van der Waals surface area contributed by atoms with E-state index in [1.54, 1.807) is 18.2 Å². The van der Waals surface area contributed by atoms with Crippen LogP contribution in [0.25, 0.3) is 0 Å². The summed E-state index contributed by atoms with van der Waals surface area (Å²) in [5.41, 5.74) is 7.98. The van der Waals surface area contributed by atoms with Crippen molar-refractivity contribution >= 4 is 39.0 Å². The lowest BCUT2D eigenvalue weighted by Gasteiger charge is -2.30. The third-order valence-electron chi connectivity index (χ3n) is 4.81. The molecule has 3 rings (SSSR count). The van der Waals surface area contributed by atoms with Crippen LogP contribution in [0.1, 0.15) is 29.9 Å². The topological polar surface area (TPSA) is 107 Å². The van der Waals surface area contributed by atoms with E-state index in [-0.39, 0.29) is 14.9 Å². The minimum atomic E-state index is -3.83. The van der Waals surface area contributed by atoms with Crippen molar-refractivity contribution in [2.75, 3.05) is 6.61 Å². The molecule has 0 heterocycles. The summed E-state index contributed by atoms with van der Waals surface area (Å²) in [7, 11) is -3.83. The first-order chi connectivity index (χ1) is 13.2. The van der Waals surface area contributed by atoms with Crippen molar-refractivity contribution in [3.8, 4) is 5.75 Å². The highest BCUT2D eigenvalue weighted by Gasteiger charge is 2.35. The molecule has 0 amide bonds. The van der Waals surface area contributed by atoms with Gasteiger partial charge in [0.05, 0.1) is 14.9 Å². The minimum absolute atomic E-state index is 0.0305. The van der Waals surface area contributed by atoms with Crippen LogP contribution in [0.3, 0.4) is 0 Å². The molecule has 6 nitrogen and oxygen atoms in total. The zero-order valence-corrected chi connectivity index (χ0v) is 17.1. The third-order valence-corrected chi connectivity index (χ3v) is 7.51. The number of sulfone groups is 1. The molecule has 3 N–H and O–H groups in total. The molecule has 0 saturated carbocycles. The van der Waals surface area contributed by atoms with E-state index in [9.17, 15) is 13.2 Å². The lowest BCUT2D eigenvalue weighted by molar-refractivity contribution is -0.139. The predicted molar refractivity (Wildman–Crippen MR) is 107 cm³/mol. The molecule has 0 saturated heterocycles. The third kappa shape index (κ3) is 4.27. The van der Waals surface area contributed by atoms with E-state index in [0.29, 0.717) is 12.2 Å². The van der Waals surface area contributed by atoms with Crippen LogP contribution in [0.2, 0.25) is 10.0 Å². The van der Waals surface area contributed by atoms with Crippen molar-refractivity contribution in [2.45, 2.75) is 35.4 Å². The van der Waals surface area contributed by atoms with Crippen LogP contribution in [0.5, 0.6) is 5.75 Å². The van der Waals surface area contributed by atoms with Gasteiger partial charge in [0.1, 0.15) is 11.1 Å². The number of carbonyl (C=O) groups is 1. The molecule has 0 radical (unpaired) electrons.